The summed E-state index contributed by atoms with van der Waals surface area (Å²) in [7, 11) is 0. The maximum absolute atomic E-state index is 4.59. The lowest BCUT2D eigenvalue weighted by Crippen LogP contribution is -2.11. The van der Waals surface area contributed by atoms with Gasteiger partial charge >= 0.3 is 0 Å². The van der Waals surface area contributed by atoms with E-state index in [0.29, 0.717) is 0 Å². The van der Waals surface area contributed by atoms with E-state index < -0.39 is 0 Å². The number of aryl methyl sites for hydroxylation is 1. The molecular formula is C14H21N5. The second-order valence-corrected chi connectivity index (χ2v) is 4.62. The van der Waals surface area contributed by atoms with Gasteiger partial charge in [0.25, 0.3) is 0 Å². The average molecular weight is 259 g/mol. The van der Waals surface area contributed by atoms with Gasteiger partial charge in [-0.1, -0.05) is 6.92 Å². The molecule has 2 rings (SSSR count). The maximum atomic E-state index is 4.59. The Morgan fingerprint density at radius 1 is 1.16 bits per heavy atom. The number of hydrogen-bond acceptors (Lipinski definition) is 4. The van der Waals surface area contributed by atoms with Gasteiger partial charge in [0.15, 0.2) is 5.82 Å². The van der Waals surface area contributed by atoms with Crippen LogP contribution in [0.25, 0.3) is 5.82 Å². The van der Waals surface area contributed by atoms with Crippen LogP contribution in [0.4, 0.5) is 5.82 Å². The van der Waals surface area contributed by atoms with Gasteiger partial charge in [-0.05, 0) is 39.7 Å². The Bertz CT molecular complexity index is 586. The van der Waals surface area contributed by atoms with E-state index >= 15 is 0 Å². The van der Waals surface area contributed by atoms with E-state index in [2.05, 4.69) is 48.1 Å². The number of rotatable bonds is 4. The molecule has 0 bridgehead atoms. The van der Waals surface area contributed by atoms with Gasteiger partial charge in [0.1, 0.15) is 12.1 Å². The second kappa shape index (κ2) is 5.38. The number of anilines is 1. The van der Waals surface area contributed by atoms with E-state index in [1.165, 1.54) is 5.56 Å². The minimum Gasteiger partial charge on any atom is -0.370 e. The van der Waals surface area contributed by atoms with Gasteiger partial charge in [-0.15, -0.1) is 0 Å². The topological polar surface area (TPSA) is 55.6 Å². The number of aromatic nitrogens is 4. The first-order valence-corrected chi connectivity index (χ1v) is 6.71. The Labute approximate surface area is 114 Å². The summed E-state index contributed by atoms with van der Waals surface area (Å²) >= 11 is 0. The standard InChI is InChI=1S/C14H21N5/c1-6-12-13(15-7-2)16-8-17-14(12)19-11(5)9(3)10(4)18-19/h8H,6-7H2,1-5H3,(H,15,16,17). The third-order valence-corrected chi connectivity index (χ3v) is 3.47. The van der Waals surface area contributed by atoms with Crippen molar-refractivity contribution in [2.24, 2.45) is 0 Å². The second-order valence-electron chi connectivity index (χ2n) is 4.62. The molecule has 0 unspecified atom stereocenters. The highest BCUT2D eigenvalue weighted by Gasteiger charge is 2.15. The van der Waals surface area contributed by atoms with Crippen molar-refractivity contribution < 1.29 is 0 Å². The number of hydrogen-bond donors (Lipinski definition) is 1. The molecule has 19 heavy (non-hydrogen) atoms. The molecule has 5 heteroatoms. The van der Waals surface area contributed by atoms with E-state index in [4.69, 9.17) is 0 Å². The average Bonchev–Trinajstić information content (AvgIpc) is 2.66. The van der Waals surface area contributed by atoms with E-state index in [1.54, 1.807) is 6.33 Å². The molecule has 0 aliphatic carbocycles. The first-order chi connectivity index (χ1) is 9.10. The molecule has 0 amide bonds. The van der Waals surface area contributed by atoms with Gasteiger partial charge in [0.2, 0.25) is 0 Å². The zero-order valence-electron chi connectivity index (χ0n) is 12.3. The third kappa shape index (κ3) is 2.32. The Hall–Kier alpha value is -1.91. The van der Waals surface area contributed by atoms with Crippen molar-refractivity contribution in [3.63, 3.8) is 0 Å². The van der Waals surface area contributed by atoms with E-state index in [0.717, 1.165) is 41.6 Å². The van der Waals surface area contributed by atoms with Crippen LogP contribution in [0.5, 0.6) is 0 Å². The molecule has 1 N–H and O–H groups in total. The molecule has 2 aromatic rings. The van der Waals surface area contributed by atoms with E-state index in [1.807, 2.05) is 11.6 Å². The van der Waals surface area contributed by atoms with Crippen molar-refractivity contribution in [1.82, 2.24) is 19.7 Å². The lowest BCUT2D eigenvalue weighted by molar-refractivity contribution is 0.784. The van der Waals surface area contributed by atoms with Gasteiger partial charge in [0, 0.05) is 17.8 Å². The van der Waals surface area contributed by atoms with Crippen LogP contribution in [0.1, 0.15) is 36.4 Å². The smallest absolute Gasteiger partial charge is 0.162 e. The van der Waals surface area contributed by atoms with Crippen LogP contribution < -0.4 is 5.32 Å². The van der Waals surface area contributed by atoms with Crippen LogP contribution >= 0.6 is 0 Å². The van der Waals surface area contributed by atoms with Crippen molar-refractivity contribution >= 4 is 5.82 Å². The lowest BCUT2D eigenvalue weighted by atomic mass is 10.2. The molecule has 2 heterocycles. The Morgan fingerprint density at radius 3 is 2.42 bits per heavy atom. The highest BCUT2D eigenvalue weighted by atomic mass is 15.3. The zero-order valence-corrected chi connectivity index (χ0v) is 12.3. The monoisotopic (exact) mass is 259 g/mol. The lowest BCUT2D eigenvalue weighted by Gasteiger charge is -2.13. The molecule has 0 aliphatic heterocycles. The molecule has 102 valence electrons. The molecule has 5 nitrogen and oxygen atoms in total. The molecule has 2 aromatic heterocycles. The zero-order chi connectivity index (χ0) is 14.0. The van der Waals surface area contributed by atoms with Crippen LogP contribution in [-0.2, 0) is 6.42 Å². The van der Waals surface area contributed by atoms with Crippen LogP contribution in [0.15, 0.2) is 6.33 Å². The largest absolute Gasteiger partial charge is 0.370 e. The van der Waals surface area contributed by atoms with E-state index in [9.17, 15) is 0 Å². The molecule has 0 aromatic carbocycles. The minimum absolute atomic E-state index is 0.847. The van der Waals surface area contributed by atoms with Crippen LogP contribution in [0.2, 0.25) is 0 Å². The van der Waals surface area contributed by atoms with Crippen molar-refractivity contribution in [1.29, 1.82) is 0 Å². The van der Waals surface area contributed by atoms with Crippen LogP contribution in [0.3, 0.4) is 0 Å². The predicted molar refractivity (Wildman–Crippen MR) is 76.9 cm³/mol. The highest BCUT2D eigenvalue weighted by Crippen LogP contribution is 2.22. The highest BCUT2D eigenvalue weighted by molar-refractivity contribution is 5.52. The molecule has 0 fully saturated rings. The van der Waals surface area contributed by atoms with Gasteiger partial charge < -0.3 is 5.32 Å². The summed E-state index contributed by atoms with van der Waals surface area (Å²) in [5, 5.41) is 7.87. The summed E-state index contributed by atoms with van der Waals surface area (Å²) in [5.74, 6) is 1.78. The van der Waals surface area contributed by atoms with Gasteiger partial charge in [-0.2, -0.15) is 5.10 Å². The first kappa shape index (κ1) is 13.5. The molecule has 0 aliphatic rings. The summed E-state index contributed by atoms with van der Waals surface area (Å²) < 4.78 is 1.92. The molecule has 0 atom stereocenters. The summed E-state index contributed by atoms with van der Waals surface area (Å²) in [6, 6.07) is 0. The van der Waals surface area contributed by atoms with Gasteiger partial charge in [-0.25, -0.2) is 14.6 Å². The van der Waals surface area contributed by atoms with Crippen LogP contribution in [0, 0.1) is 20.8 Å². The van der Waals surface area contributed by atoms with E-state index in [-0.39, 0.29) is 0 Å². The van der Waals surface area contributed by atoms with Crippen molar-refractivity contribution in [2.45, 2.75) is 41.0 Å². The fourth-order valence-corrected chi connectivity index (χ4v) is 2.16. The first-order valence-electron chi connectivity index (χ1n) is 6.71. The summed E-state index contributed by atoms with van der Waals surface area (Å²) in [6.45, 7) is 11.2. The van der Waals surface area contributed by atoms with Crippen LogP contribution in [-0.4, -0.2) is 26.3 Å². The van der Waals surface area contributed by atoms with Crippen molar-refractivity contribution in [3.8, 4) is 5.82 Å². The molecular weight excluding hydrogens is 238 g/mol. The van der Waals surface area contributed by atoms with Crippen molar-refractivity contribution in [3.05, 3.63) is 28.8 Å². The summed E-state index contributed by atoms with van der Waals surface area (Å²) in [5.41, 5.74) is 4.50. The normalized spacial score (nSPS) is 10.8. The summed E-state index contributed by atoms with van der Waals surface area (Å²) in [6.07, 6.45) is 2.47. The fourth-order valence-electron chi connectivity index (χ4n) is 2.16. The molecule has 0 saturated carbocycles. The SMILES string of the molecule is CCNc1ncnc(-n2nc(C)c(C)c2C)c1CC. The Kier molecular flexibility index (Phi) is 3.83. The van der Waals surface area contributed by atoms with Gasteiger partial charge in [-0.3, -0.25) is 0 Å². The third-order valence-electron chi connectivity index (χ3n) is 3.47. The minimum atomic E-state index is 0.847. The van der Waals surface area contributed by atoms with Crippen molar-refractivity contribution in [2.75, 3.05) is 11.9 Å². The Morgan fingerprint density at radius 2 is 1.89 bits per heavy atom. The summed E-state index contributed by atoms with van der Waals surface area (Å²) in [4.78, 5) is 8.75. The number of nitrogens with zero attached hydrogens (tertiary/aromatic N) is 4. The molecule has 0 saturated heterocycles. The molecule has 0 radical (unpaired) electrons. The fraction of sp³-hybridized carbons (Fsp3) is 0.500. The predicted octanol–water partition coefficient (Wildman–Crippen LogP) is 2.58. The number of nitrogens with one attached hydrogen (secondary N) is 1. The molecule has 0 spiro atoms. The van der Waals surface area contributed by atoms with Gasteiger partial charge in [0.05, 0.1) is 5.69 Å². The Balaban J connectivity index is 2.61. The quantitative estimate of drug-likeness (QED) is 0.917. The maximum Gasteiger partial charge on any atom is 0.162 e.